The molecule has 0 spiro atoms. The molecule has 1 aromatic rings. The zero-order valence-corrected chi connectivity index (χ0v) is 13.2. The van der Waals surface area contributed by atoms with Crippen LogP contribution < -0.4 is 16.0 Å². The fraction of sp³-hybridized carbons (Fsp3) is 0.375. The molecular weight excluding hydrogens is 296 g/mol. The summed E-state index contributed by atoms with van der Waals surface area (Å²) in [5.41, 5.74) is 0.869. The number of anilines is 1. The van der Waals surface area contributed by atoms with Crippen molar-refractivity contribution in [3.8, 4) is 6.07 Å². The van der Waals surface area contributed by atoms with Crippen LogP contribution in [0.2, 0.25) is 0 Å². The van der Waals surface area contributed by atoms with Crippen LogP contribution in [0.25, 0.3) is 0 Å². The first kappa shape index (κ1) is 18.2. The van der Waals surface area contributed by atoms with Crippen LogP contribution in [0, 0.1) is 11.3 Å². The maximum absolute atomic E-state index is 12.0. The summed E-state index contributed by atoms with van der Waals surface area (Å²) in [6, 6.07) is 7.31. The van der Waals surface area contributed by atoms with E-state index in [2.05, 4.69) is 16.0 Å². The molecule has 0 aliphatic rings. The fourth-order valence-corrected chi connectivity index (χ4v) is 1.73. The lowest BCUT2D eigenvalue weighted by Gasteiger charge is -2.14. The highest BCUT2D eigenvalue weighted by Crippen LogP contribution is 2.10. The van der Waals surface area contributed by atoms with Gasteiger partial charge in [-0.2, -0.15) is 5.26 Å². The minimum Gasteiger partial charge on any atom is -0.354 e. The Labute approximate surface area is 135 Å². The van der Waals surface area contributed by atoms with Crippen LogP contribution in [0.1, 0.15) is 37.0 Å². The van der Waals surface area contributed by atoms with Crippen LogP contribution in [0.15, 0.2) is 24.3 Å². The highest BCUT2D eigenvalue weighted by molar-refractivity contribution is 5.98. The molecule has 0 saturated heterocycles. The number of hydrogen-bond donors (Lipinski definition) is 3. The highest BCUT2D eigenvalue weighted by atomic mass is 16.2. The number of benzene rings is 1. The maximum atomic E-state index is 12.0. The Morgan fingerprint density at radius 2 is 1.87 bits per heavy atom. The predicted octanol–water partition coefficient (Wildman–Crippen LogP) is 1.18. The minimum atomic E-state index is -0.635. The molecule has 3 amide bonds. The molecule has 0 bridgehead atoms. The minimum absolute atomic E-state index is 0.230. The van der Waals surface area contributed by atoms with Gasteiger partial charge in [-0.1, -0.05) is 6.92 Å². The van der Waals surface area contributed by atoms with E-state index in [0.717, 1.165) is 6.42 Å². The molecule has 0 saturated carbocycles. The third kappa shape index (κ3) is 6.18. The number of nitrogens with one attached hydrogen (secondary N) is 3. The van der Waals surface area contributed by atoms with Gasteiger partial charge in [-0.3, -0.25) is 14.4 Å². The molecule has 1 atom stereocenters. The summed E-state index contributed by atoms with van der Waals surface area (Å²) in [5.74, 6) is -1.02. The van der Waals surface area contributed by atoms with Gasteiger partial charge < -0.3 is 16.0 Å². The monoisotopic (exact) mass is 316 g/mol. The van der Waals surface area contributed by atoms with E-state index in [1.807, 2.05) is 6.92 Å². The first-order valence-electron chi connectivity index (χ1n) is 7.33. The molecule has 0 aliphatic carbocycles. The van der Waals surface area contributed by atoms with Crippen LogP contribution in [0.5, 0.6) is 0 Å². The van der Waals surface area contributed by atoms with Crippen molar-refractivity contribution in [1.29, 1.82) is 5.26 Å². The molecule has 0 fully saturated rings. The van der Waals surface area contributed by atoms with Gasteiger partial charge in [0.2, 0.25) is 11.8 Å². The summed E-state index contributed by atoms with van der Waals surface area (Å²) in [7, 11) is 0. The van der Waals surface area contributed by atoms with Gasteiger partial charge in [0.15, 0.2) is 0 Å². The van der Waals surface area contributed by atoms with E-state index in [1.54, 1.807) is 25.1 Å². The molecule has 1 rings (SSSR count). The first-order valence-corrected chi connectivity index (χ1v) is 7.33. The van der Waals surface area contributed by atoms with Gasteiger partial charge in [-0.25, -0.2) is 0 Å². The molecule has 7 heteroatoms. The van der Waals surface area contributed by atoms with Crippen LogP contribution in [-0.4, -0.2) is 30.3 Å². The molecule has 23 heavy (non-hydrogen) atoms. The molecule has 0 aromatic heterocycles. The second kappa shape index (κ2) is 9.20. The summed E-state index contributed by atoms with van der Waals surface area (Å²) < 4.78 is 0. The average molecular weight is 316 g/mol. The Kier molecular flexibility index (Phi) is 7.27. The van der Waals surface area contributed by atoms with Crippen molar-refractivity contribution >= 4 is 23.4 Å². The zero-order chi connectivity index (χ0) is 17.2. The molecule has 1 aromatic carbocycles. The molecule has 0 aliphatic heterocycles. The molecule has 122 valence electrons. The number of hydrogen-bond acceptors (Lipinski definition) is 4. The van der Waals surface area contributed by atoms with Crippen LogP contribution in [-0.2, 0) is 9.59 Å². The summed E-state index contributed by atoms with van der Waals surface area (Å²) >= 11 is 0. The topological polar surface area (TPSA) is 111 Å². The fourth-order valence-electron chi connectivity index (χ4n) is 1.73. The van der Waals surface area contributed by atoms with Crippen LogP contribution in [0.3, 0.4) is 0 Å². The number of nitriles is 1. The molecular formula is C16H20N4O3. The van der Waals surface area contributed by atoms with Crippen molar-refractivity contribution in [2.24, 2.45) is 0 Å². The van der Waals surface area contributed by atoms with Crippen molar-refractivity contribution in [1.82, 2.24) is 10.6 Å². The summed E-state index contributed by atoms with van der Waals surface area (Å²) in [4.78, 5) is 35.0. The Bertz CT molecular complexity index is 605. The van der Waals surface area contributed by atoms with Gasteiger partial charge in [0.25, 0.3) is 5.91 Å². The Hall–Kier alpha value is -2.88. The van der Waals surface area contributed by atoms with E-state index in [4.69, 9.17) is 5.26 Å². The number of rotatable bonds is 7. The smallest absolute Gasteiger partial charge is 0.251 e. The van der Waals surface area contributed by atoms with Crippen molar-refractivity contribution in [3.05, 3.63) is 29.8 Å². The first-order chi connectivity index (χ1) is 11.0. The Balaban J connectivity index is 2.59. The largest absolute Gasteiger partial charge is 0.354 e. The Morgan fingerprint density at radius 1 is 1.22 bits per heavy atom. The molecule has 1 unspecified atom stereocenters. The van der Waals surface area contributed by atoms with E-state index in [0.29, 0.717) is 17.8 Å². The van der Waals surface area contributed by atoms with E-state index in [1.165, 1.54) is 12.1 Å². The maximum Gasteiger partial charge on any atom is 0.251 e. The Morgan fingerprint density at radius 3 is 2.43 bits per heavy atom. The van der Waals surface area contributed by atoms with Gasteiger partial charge in [0.05, 0.1) is 6.07 Å². The van der Waals surface area contributed by atoms with Crippen molar-refractivity contribution in [2.45, 2.75) is 32.7 Å². The van der Waals surface area contributed by atoms with Gasteiger partial charge in [-0.05, 0) is 37.6 Å². The van der Waals surface area contributed by atoms with Gasteiger partial charge in [0.1, 0.15) is 12.5 Å². The third-order valence-electron chi connectivity index (χ3n) is 2.96. The molecule has 0 heterocycles. The summed E-state index contributed by atoms with van der Waals surface area (Å²) in [5, 5.41) is 16.3. The number of carbonyl (C=O) groups is 3. The van der Waals surface area contributed by atoms with Crippen LogP contribution in [0.4, 0.5) is 5.69 Å². The SMILES string of the molecule is CCCNC(=O)C(C)NC(=O)c1ccc(NC(=O)CC#N)cc1. The third-order valence-corrected chi connectivity index (χ3v) is 2.96. The van der Waals surface area contributed by atoms with E-state index < -0.39 is 11.9 Å². The quantitative estimate of drug-likeness (QED) is 0.701. The lowest BCUT2D eigenvalue weighted by molar-refractivity contribution is -0.122. The van der Waals surface area contributed by atoms with Gasteiger partial charge >= 0.3 is 0 Å². The van der Waals surface area contributed by atoms with E-state index in [9.17, 15) is 14.4 Å². The number of carbonyl (C=O) groups excluding carboxylic acids is 3. The lowest BCUT2D eigenvalue weighted by atomic mass is 10.1. The van der Waals surface area contributed by atoms with Gasteiger partial charge in [-0.15, -0.1) is 0 Å². The summed E-state index contributed by atoms with van der Waals surface area (Å²) in [6.07, 6.45) is 0.595. The predicted molar refractivity (Wildman–Crippen MR) is 85.5 cm³/mol. The standard InChI is InChI=1S/C16H20N4O3/c1-3-10-18-15(22)11(2)19-16(23)12-4-6-13(7-5-12)20-14(21)8-9-17/h4-7,11H,3,8,10H2,1-2H3,(H,18,22)(H,19,23)(H,20,21). The van der Waals surface area contributed by atoms with Crippen LogP contribution >= 0.6 is 0 Å². The highest BCUT2D eigenvalue weighted by Gasteiger charge is 2.16. The second-order valence-electron chi connectivity index (χ2n) is 4.95. The molecule has 3 N–H and O–H groups in total. The second-order valence-corrected chi connectivity index (χ2v) is 4.95. The van der Waals surface area contributed by atoms with E-state index in [-0.39, 0.29) is 18.2 Å². The van der Waals surface area contributed by atoms with Gasteiger partial charge in [0, 0.05) is 17.8 Å². The van der Waals surface area contributed by atoms with E-state index >= 15 is 0 Å². The molecule has 0 radical (unpaired) electrons. The van der Waals surface area contributed by atoms with Crippen molar-refractivity contribution in [3.63, 3.8) is 0 Å². The summed E-state index contributed by atoms with van der Waals surface area (Å²) in [6.45, 7) is 4.12. The molecule has 7 nitrogen and oxygen atoms in total. The number of amides is 3. The lowest BCUT2D eigenvalue weighted by Crippen LogP contribution is -2.44. The normalized spacial score (nSPS) is 11.0. The average Bonchev–Trinajstić information content (AvgIpc) is 2.53. The van der Waals surface area contributed by atoms with Crippen molar-refractivity contribution < 1.29 is 14.4 Å². The zero-order valence-electron chi connectivity index (χ0n) is 13.2. The number of nitrogens with zero attached hydrogens (tertiary/aromatic N) is 1. The van der Waals surface area contributed by atoms with Crippen molar-refractivity contribution in [2.75, 3.05) is 11.9 Å².